The van der Waals surface area contributed by atoms with Gasteiger partial charge in [0.15, 0.2) is 23.0 Å². The van der Waals surface area contributed by atoms with E-state index in [-0.39, 0.29) is 24.1 Å². The van der Waals surface area contributed by atoms with E-state index in [0.29, 0.717) is 45.2 Å². The highest BCUT2D eigenvalue weighted by Gasteiger charge is 2.48. The molecule has 0 radical (unpaired) electrons. The van der Waals surface area contributed by atoms with E-state index < -0.39 is 17.7 Å². The SMILES string of the molecule is COc1ccc(C2/C(=C(\O)c3ccc4c(c3)OCO4)C(=O)C(=O)N2c2nc3ccc(C)cc3[nH]2)cc1OC. The molecule has 1 fully saturated rings. The number of benzene rings is 3. The van der Waals surface area contributed by atoms with Crippen molar-refractivity contribution in [2.75, 3.05) is 25.9 Å². The van der Waals surface area contributed by atoms with Crippen molar-refractivity contribution in [3.8, 4) is 23.0 Å². The number of Topliss-reactive ketones (excluding diaryl/α,β-unsaturated/α-hetero) is 1. The Morgan fingerprint density at radius 3 is 2.58 bits per heavy atom. The largest absolute Gasteiger partial charge is 0.507 e. The van der Waals surface area contributed by atoms with Crippen molar-refractivity contribution < 1.29 is 33.6 Å². The number of fused-ring (bicyclic) bond motifs is 2. The number of nitrogens with one attached hydrogen (secondary N) is 1. The Bertz CT molecular complexity index is 1660. The van der Waals surface area contributed by atoms with Crippen LogP contribution in [0.2, 0.25) is 0 Å². The summed E-state index contributed by atoms with van der Waals surface area (Å²) in [7, 11) is 3.01. The van der Waals surface area contributed by atoms with Crippen LogP contribution in [-0.2, 0) is 9.59 Å². The molecule has 0 bridgehead atoms. The number of ketones is 1. The number of rotatable bonds is 5. The Hall–Kier alpha value is -4.99. The molecule has 2 aliphatic rings. The van der Waals surface area contributed by atoms with E-state index in [1.54, 1.807) is 36.4 Å². The van der Waals surface area contributed by atoms with E-state index in [1.807, 2.05) is 25.1 Å². The van der Waals surface area contributed by atoms with Gasteiger partial charge in [-0.05, 0) is 60.5 Å². The number of hydrogen-bond acceptors (Lipinski definition) is 8. The number of aliphatic hydroxyl groups is 1. The predicted octanol–water partition coefficient (Wildman–Crippen LogP) is 4.24. The number of ether oxygens (including phenoxy) is 4. The van der Waals surface area contributed by atoms with Gasteiger partial charge in [-0.3, -0.25) is 14.5 Å². The molecule has 192 valence electrons. The molecule has 1 saturated heterocycles. The van der Waals surface area contributed by atoms with Crippen molar-refractivity contribution in [1.29, 1.82) is 0 Å². The number of anilines is 1. The highest BCUT2D eigenvalue weighted by molar-refractivity contribution is 6.51. The molecular formula is C28H23N3O7. The average molecular weight is 514 g/mol. The van der Waals surface area contributed by atoms with Gasteiger partial charge in [0.1, 0.15) is 5.76 Å². The van der Waals surface area contributed by atoms with E-state index in [9.17, 15) is 14.7 Å². The number of amides is 1. The molecule has 0 aliphatic carbocycles. The minimum Gasteiger partial charge on any atom is -0.507 e. The molecule has 6 rings (SSSR count). The van der Waals surface area contributed by atoms with Crippen LogP contribution in [-0.4, -0.2) is 47.8 Å². The maximum atomic E-state index is 13.5. The van der Waals surface area contributed by atoms with E-state index in [0.717, 1.165) is 5.56 Å². The summed E-state index contributed by atoms with van der Waals surface area (Å²) in [6.07, 6.45) is 0. The summed E-state index contributed by atoms with van der Waals surface area (Å²) < 4.78 is 21.6. The number of aromatic amines is 1. The Morgan fingerprint density at radius 2 is 1.79 bits per heavy atom. The molecule has 38 heavy (non-hydrogen) atoms. The third-order valence-corrected chi connectivity index (χ3v) is 6.67. The second-order valence-electron chi connectivity index (χ2n) is 8.93. The van der Waals surface area contributed by atoms with Crippen LogP contribution >= 0.6 is 0 Å². The third-order valence-electron chi connectivity index (χ3n) is 6.67. The van der Waals surface area contributed by atoms with Gasteiger partial charge in [-0.15, -0.1) is 0 Å². The first-order valence-electron chi connectivity index (χ1n) is 11.8. The Labute approximate surface area is 217 Å². The van der Waals surface area contributed by atoms with Crippen LogP contribution in [0, 0.1) is 6.92 Å². The molecule has 0 saturated carbocycles. The van der Waals surface area contributed by atoms with Crippen LogP contribution < -0.4 is 23.8 Å². The molecule has 4 aromatic rings. The highest BCUT2D eigenvalue weighted by Crippen LogP contribution is 2.44. The number of hydrogen-bond donors (Lipinski definition) is 2. The Kier molecular flexibility index (Phi) is 5.45. The standard InChI is InChI=1S/C28H23N3O7/c1-14-4-7-17-18(10-14)30-28(29-17)31-24(15-5-8-19(35-2)21(11-15)36-3)23(26(33)27(31)34)25(32)16-6-9-20-22(12-16)38-13-37-20/h4-12,24,32H,13H2,1-3H3,(H,29,30)/b25-23+. The van der Waals surface area contributed by atoms with Gasteiger partial charge in [0.25, 0.3) is 5.78 Å². The fourth-order valence-corrected chi connectivity index (χ4v) is 4.81. The zero-order valence-electron chi connectivity index (χ0n) is 20.8. The molecule has 2 aliphatic heterocycles. The molecule has 0 spiro atoms. The smallest absolute Gasteiger partial charge is 0.302 e. The van der Waals surface area contributed by atoms with Crippen LogP contribution in [0.15, 0.2) is 60.2 Å². The van der Waals surface area contributed by atoms with Gasteiger partial charge in [0.2, 0.25) is 12.7 Å². The molecule has 1 aromatic heterocycles. The topological polar surface area (TPSA) is 123 Å². The molecule has 3 aromatic carbocycles. The predicted molar refractivity (Wildman–Crippen MR) is 138 cm³/mol. The van der Waals surface area contributed by atoms with Gasteiger partial charge in [-0.1, -0.05) is 12.1 Å². The third kappa shape index (κ3) is 3.61. The molecule has 3 heterocycles. The molecule has 1 unspecified atom stereocenters. The fourth-order valence-electron chi connectivity index (χ4n) is 4.81. The molecule has 1 amide bonds. The second kappa shape index (κ2) is 8.84. The number of methoxy groups -OCH3 is 2. The molecule has 2 N–H and O–H groups in total. The maximum absolute atomic E-state index is 13.5. The first-order valence-corrected chi connectivity index (χ1v) is 11.8. The summed E-state index contributed by atoms with van der Waals surface area (Å²) in [5.74, 6) is -0.0238. The molecule has 10 heteroatoms. The Morgan fingerprint density at radius 1 is 1.00 bits per heavy atom. The van der Waals surface area contributed by atoms with E-state index >= 15 is 0 Å². The van der Waals surface area contributed by atoms with Crippen molar-refractivity contribution in [2.24, 2.45) is 0 Å². The van der Waals surface area contributed by atoms with Gasteiger partial charge in [0.05, 0.1) is 36.9 Å². The van der Waals surface area contributed by atoms with Crippen molar-refractivity contribution in [3.63, 3.8) is 0 Å². The molecule has 1 atom stereocenters. The van der Waals surface area contributed by atoms with E-state index in [2.05, 4.69) is 9.97 Å². The lowest BCUT2D eigenvalue weighted by Gasteiger charge is -2.24. The Balaban J connectivity index is 1.56. The van der Waals surface area contributed by atoms with Gasteiger partial charge in [-0.25, -0.2) is 4.98 Å². The van der Waals surface area contributed by atoms with Gasteiger partial charge in [0, 0.05) is 5.56 Å². The monoisotopic (exact) mass is 513 g/mol. The lowest BCUT2D eigenvalue weighted by Crippen LogP contribution is -2.30. The maximum Gasteiger partial charge on any atom is 0.302 e. The van der Waals surface area contributed by atoms with Crippen molar-refractivity contribution >= 4 is 34.4 Å². The van der Waals surface area contributed by atoms with Crippen LogP contribution in [0.5, 0.6) is 23.0 Å². The molecular weight excluding hydrogens is 490 g/mol. The number of carbonyl (C=O) groups excluding carboxylic acids is 2. The van der Waals surface area contributed by atoms with Crippen LogP contribution in [0.1, 0.15) is 22.7 Å². The minimum atomic E-state index is -1.01. The van der Waals surface area contributed by atoms with Gasteiger partial charge in [-0.2, -0.15) is 0 Å². The number of carbonyl (C=O) groups is 2. The van der Waals surface area contributed by atoms with Crippen LogP contribution in [0.3, 0.4) is 0 Å². The zero-order chi connectivity index (χ0) is 26.6. The van der Waals surface area contributed by atoms with Crippen molar-refractivity contribution in [1.82, 2.24) is 9.97 Å². The van der Waals surface area contributed by atoms with Crippen LogP contribution in [0.4, 0.5) is 5.95 Å². The summed E-state index contributed by atoms with van der Waals surface area (Å²) in [6.45, 7) is 2.00. The number of aliphatic hydroxyl groups excluding tert-OH is 1. The number of aryl methyl sites for hydroxylation is 1. The second-order valence-corrected chi connectivity index (χ2v) is 8.93. The van der Waals surface area contributed by atoms with Crippen LogP contribution in [0.25, 0.3) is 16.8 Å². The van der Waals surface area contributed by atoms with Crippen molar-refractivity contribution in [2.45, 2.75) is 13.0 Å². The van der Waals surface area contributed by atoms with Crippen molar-refractivity contribution in [3.05, 3.63) is 76.9 Å². The van der Waals surface area contributed by atoms with Gasteiger partial charge >= 0.3 is 5.91 Å². The summed E-state index contributed by atoms with van der Waals surface area (Å²) in [4.78, 5) is 36.0. The van der Waals surface area contributed by atoms with Gasteiger partial charge < -0.3 is 29.0 Å². The average Bonchev–Trinajstić information content (AvgIpc) is 3.63. The van der Waals surface area contributed by atoms with E-state index in [4.69, 9.17) is 18.9 Å². The first kappa shape index (κ1) is 23.4. The minimum absolute atomic E-state index is 0.0567. The summed E-state index contributed by atoms with van der Waals surface area (Å²) >= 11 is 0. The summed E-state index contributed by atoms with van der Waals surface area (Å²) in [6, 6.07) is 14.5. The number of imidazole rings is 1. The summed E-state index contributed by atoms with van der Waals surface area (Å²) in [5, 5.41) is 11.4. The number of aromatic nitrogens is 2. The number of H-pyrrole nitrogens is 1. The number of nitrogens with zero attached hydrogens (tertiary/aromatic N) is 2. The zero-order valence-corrected chi connectivity index (χ0v) is 20.8. The lowest BCUT2D eigenvalue weighted by molar-refractivity contribution is -0.132. The fraction of sp³-hybridized carbons (Fsp3) is 0.179. The highest BCUT2D eigenvalue weighted by atomic mass is 16.7. The molecule has 10 nitrogen and oxygen atoms in total. The normalized spacial score (nSPS) is 17.9. The lowest BCUT2D eigenvalue weighted by atomic mass is 9.95. The summed E-state index contributed by atoms with van der Waals surface area (Å²) in [5.41, 5.74) is 3.07. The van der Waals surface area contributed by atoms with E-state index in [1.165, 1.54) is 19.1 Å². The quantitative estimate of drug-likeness (QED) is 0.231. The first-order chi connectivity index (χ1) is 18.4.